The largest absolute Gasteiger partial charge is 0.355 e. The van der Waals surface area contributed by atoms with Gasteiger partial charge in [-0.3, -0.25) is 4.79 Å². The number of carbonyl (C=O) groups excluding carboxylic acids is 1. The molecule has 0 saturated carbocycles. The van der Waals surface area contributed by atoms with Gasteiger partial charge in [0.05, 0.1) is 5.41 Å². The molecular weight excluding hydrogens is 236 g/mol. The standard InChI is InChI=1S/C16H24N2O/c1-2-3-11-18-15(19)16(9-12-17-13-10-16)14-7-5-4-6-8-14/h4-8,17H,2-3,9-13H2,1H3,(H,18,19). The minimum absolute atomic E-state index is 0.202. The predicted octanol–water partition coefficient (Wildman–Crippen LogP) is 2.22. The third-order valence-corrected chi connectivity index (χ3v) is 4.03. The maximum atomic E-state index is 12.7. The van der Waals surface area contributed by atoms with E-state index in [0.29, 0.717) is 0 Å². The third-order valence-electron chi connectivity index (χ3n) is 4.03. The van der Waals surface area contributed by atoms with Gasteiger partial charge in [-0.2, -0.15) is 0 Å². The van der Waals surface area contributed by atoms with Gasteiger partial charge in [0, 0.05) is 6.54 Å². The molecule has 104 valence electrons. The third kappa shape index (κ3) is 3.16. The molecule has 1 aliphatic rings. The Morgan fingerprint density at radius 2 is 1.95 bits per heavy atom. The Bertz CT molecular complexity index is 396. The Kier molecular flexibility index (Phi) is 4.97. The number of benzene rings is 1. The molecule has 1 fully saturated rings. The smallest absolute Gasteiger partial charge is 0.230 e. The second kappa shape index (κ2) is 6.71. The second-order valence-corrected chi connectivity index (χ2v) is 5.31. The number of piperidine rings is 1. The molecule has 0 unspecified atom stereocenters. The van der Waals surface area contributed by atoms with Crippen molar-refractivity contribution in [2.45, 2.75) is 38.0 Å². The van der Waals surface area contributed by atoms with E-state index in [-0.39, 0.29) is 11.3 Å². The predicted molar refractivity (Wildman–Crippen MR) is 78.1 cm³/mol. The van der Waals surface area contributed by atoms with E-state index >= 15 is 0 Å². The summed E-state index contributed by atoms with van der Waals surface area (Å²) < 4.78 is 0. The monoisotopic (exact) mass is 260 g/mol. The van der Waals surface area contributed by atoms with E-state index in [4.69, 9.17) is 0 Å². The van der Waals surface area contributed by atoms with Gasteiger partial charge in [-0.05, 0) is 37.9 Å². The first-order valence-corrected chi connectivity index (χ1v) is 7.34. The second-order valence-electron chi connectivity index (χ2n) is 5.31. The minimum atomic E-state index is -0.333. The van der Waals surface area contributed by atoms with Crippen LogP contribution in [0.15, 0.2) is 30.3 Å². The van der Waals surface area contributed by atoms with Crippen molar-refractivity contribution in [1.29, 1.82) is 0 Å². The van der Waals surface area contributed by atoms with E-state index in [1.165, 1.54) is 0 Å². The molecule has 1 aromatic carbocycles. The summed E-state index contributed by atoms with van der Waals surface area (Å²) in [6.45, 7) is 4.76. The molecule has 0 bridgehead atoms. The molecule has 0 atom stereocenters. The van der Waals surface area contributed by atoms with Gasteiger partial charge in [0.15, 0.2) is 0 Å². The molecule has 3 heteroatoms. The van der Waals surface area contributed by atoms with E-state index in [9.17, 15) is 4.79 Å². The van der Waals surface area contributed by atoms with Crippen LogP contribution in [0.5, 0.6) is 0 Å². The lowest BCUT2D eigenvalue weighted by atomic mass is 9.72. The molecule has 0 aromatic heterocycles. The number of unbranched alkanes of at least 4 members (excludes halogenated alkanes) is 1. The van der Waals surface area contributed by atoms with Gasteiger partial charge in [0.2, 0.25) is 5.91 Å². The number of carbonyl (C=O) groups is 1. The van der Waals surface area contributed by atoms with Crippen molar-refractivity contribution in [1.82, 2.24) is 10.6 Å². The molecule has 1 heterocycles. The molecular formula is C16H24N2O. The number of nitrogens with one attached hydrogen (secondary N) is 2. The van der Waals surface area contributed by atoms with Crippen molar-refractivity contribution in [3.8, 4) is 0 Å². The van der Waals surface area contributed by atoms with E-state index in [1.54, 1.807) is 0 Å². The molecule has 0 spiro atoms. The fraction of sp³-hybridized carbons (Fsp3) is 0.562. The summed E-state index contributed by atoms with van der Waals surface area (Å²) in [7, 11) is 0. The van der Waals surface area contributed by atoms with Gasteiger partial charge in [-0.15, -0.1) is 0 Å². The van der Waals surface area contributed by atoms with Gasteiger partial charge in [0.25, 0.3) is 0 Å². The summed E-state index contributed by atoms with van der Waals surface area (Å²) in [5.41, 5.74) is 0.825. The quantitative estimate of drug-likeness (QED) is 0.797. The lowest BCUT2D eigenvalue weighted by molar-refractivity contribution is -0.127. The van der Waals surface area contributed by atoms with Gasteiger partial charge in [-0.1, -0.05) is 43.7 Å². The van der Waals surface area contributed by atoms with Crippen molar-refractivity contribution in [2.24, 2.45) is 0 Å². The summed E-state index contributed by atoms with van der Waals surface area (Å²) >= 11 is 0. The molecule has 2 rings (SSSR count). The highest BCUT2D eigenvalue weighted by atomic mass is 16.2. The van der Waals surface area contributed by atoms with Crippen LogP contribution < -0.4 is 10.6 Å². The molecule has 1 saturated heterocycles. The van der Waals surface area contributed by atoms with E-state index < -0.39 is 0 Å². The summed E-state index contributed by atoms with van der Waals surface area (Å²) in [6.07, 6.45) is 3.93. The summed E-state index contributed by atoms with van der Waals surface area (Å²) in [5.74, 6) is 0.202. The van der Waals surface area contributed by atoms with Crippen LogP contribution in [-0.2, 0) is 10.2 Å². The van der Waals surface area contributed by atoms with Crippen molar-refractivity contribution in [3.05, 3.63) is 35.9 Å². The van der Waals surface area contributed by atoms with E-state index in [2.05, 4.69) is 29.7 Å². The average molecular weight is 260 g/mol. The highest BCUT2D eigenvalue weighted by Gasteiger charge is 2.40. The Morgan fingerprint density at radius 3 is 2.58 bits per heavy atom. The number of hydrogen-bond donors (Lipinski definition) is 2. The topological polar surface area (TPSA) is 41.1 Å². The Labute approximate surface area is 115 Å². The van der Waals surface area contributed by atoms with Crippen LogP contribution in [0, 0.1) is 0 Å². The zero-order valence-electron chi connectivity index (χ0n) is 11.7. The number of rotatable bonds is 5. The van der Waals surface area contributed by atoms with Crippen LogP contribution >= 0.6 is 0 Å². The summed E-state index contributed by atoms with van der Waals surface area (Å²) in [5, 5.41) is 6.48. The fourth-order valence-corrected chi connectivity index (χ4v) is 2.81. The SMILES string of the molecule is CCCCNC(=O)C1(c2ccccc2)CCNCC1. The molecule has 3 nitrogen and oxygen atoms in total. The van der Waals surface area contributed by atoms with Crippen LogP contribution in [0.4, 0.5) is 0 Å². The van der Waals surface area contributed by atoms with E-state index in [1.807, 2.05) is 18.2 Å². The van der Waals surface area contributed by atoms with Crippen molar-refractivity contribution < 1.29 is 4.79 Å². The molecule has 0 aliphatic carbocycles. The van der Waals surface area contributed by atoms with Crippen molar-refractivity contribution >= 4 is 5.91 Å². The minimum Gasteiger partial charge on any atom is -0.355 e. The maximum absolute atomic E-state index is 12.7. The first-order valence-electron chi connectivity index (χ1n) is 7.34. The maximum Gasteiger partial charge on any atom is 0.230 e. The summed E-state index contributed by atoms with van der Waals surface area (Å²) in [6, 6.07) is 10.2. The van der Waals surface area contributed by atoms with Gasteiger partial charge in [0.1, 0.15) is 0 Å². The Hall–Kier alpha value is -1.35. The Balaban J connectivity index is 2.17. The number of hydrogen-bond acceptors (Lipinski definition) is 2. The van der Waals surface area contributed by atoms with Crippen LogP contribution in [0.3, 0.4) is 0 Å². The first kappa shape index (κ1) is 14.1. The van der Waals surface area contributed by atoms with Crippen molar-refractivity contribution in [2.75, 3.05) is 19.6 Å². The van der Waals surface area contributed by atoms with Crippen LogP contribution in [0.25, 0.3) is 0 Å². The molecule has 19 heavy (non-hydrogen) atoms. The molecule has 1 aromatic rings. The average Bonchev–Trinajstić information content (AvgIpc) is 2.49. The Morgan fingerprint density at radius 1 is 1.26 bits per heavy atom. The highest BCUT2D eigenvalue weighted by Crippen LogP contribution is 2.33. The zero-order chi connectivity index (χ0) is 13.6. The van der Waals surface area contributed by atoms with Crippen molar-refractivity contribution in [3.63, 3.8) is 0 Å². The lowest BCUT2D eigenvalue weighted by Crippen LogP contribution is -2.50. The molecule has 0 radical (unpaired) electrons. The molecule has 1 aliphatic heterocycles. The van der Waals surface area contributed by atoms with Crippen LogP contribution in [-0.4, -0.2) is 25.5 Å². The van der Waals surface area contributed by atoms with Gasteiger partial charge >= 0.3 is 0 Å². The number of amides is 1. The van der Waals surface area contributed by atoms with Gasteiger partial charge in [-0.25, -0.2) is 0 Å². The van der Waals surface area contributed by atoms with E-state index in [0.717, 1.165) is 50.9 Å². The first-order chi connectivity index (χ1) is 9.29. The normalized spacial score (nSPS) is 17.9. The summed E-state index contributed by atoms with van der Waals surface area (Å²) in [4.78, 5) is 12.7. The fourth-order valence-electron chi connectivity index (χ4n) is 2.81. The van der Waals surface area contributed by atoms with Crippen LogP contribution in [0.2, 0.25) is 0 Å². The molecule has 2 N–H and O–H groups in total. The zero-order valence-corrected chi connectivity index (χ0v) is 11.7. The highest BCUT2D eigenvalue weighted by molar-refractivity contribution is 5.88. The molecule has 1 amide bonds. The van der Waals surface area contributed by atoms with Crippen LogP contribution in [0.1, 0.15) is 38.2 Å². The van der Waals surface area contributed by atoms with Gasteiger partial charge < -0.3 is 10.6 Å². The lowest BCUT2D eigenvalue weighted by Gasteiger charge is -2.36.